The summed E-state index contributed by atoms with van der Waals surface area (Å²) in [6.45, 7) is 2.02. The highest BCUT2D eigenvalue weighted by molar-refractivity contribution is 6.31. The monoisotopic (exact) mass is 263 g/mol. The van der Waals surface area contributed by atoms with Gasteiger partial charge in [0.05, 0.1) is 6.20 Å². The normalized spacial score (nSPS) is 12.7. The van der Waals surface area contributed by atoms with Crippen LogP contribution in [0.2, 0.25) is 5.02 Å². The molecule has 1 aromatic heterocycles. The summed E-state index contributed by atoms with van der Waals surface area (Å²) in [5.41, 5.74) is 9.66. The molecule has 96 valence electrons. The van der Waals surface area contributed by atoms with Gasteiger partial charge in [0.2, 0.25) is 0 Å². The maximum absolute atomic E-state index is 6.23. The van der Waals surface area contributed by atoms with Gasteiger partial charge in [-0.15, -0.1) is 0 Å². The molecule has 0 bridgehead atoms. The summed E-state index contributed by atoms with van der Waals surface area (Å²) in [5.74, 6) is 0. The van der Waals surface area contributed by atoms with Crippen LogP contribution in [0.1, 0.15) is 29.2 Å². The Morgan fingerprint density at radius 2 is 2.22 bits per heavy atom. The average molecular weight is 264 g/mol. The highest BCUT2D eigenvalue weighted by atomic mass is 35.5. The van der Waals surface area contributed by atoms with E-state index in [1.54, 1.807) is 0 Å². The fourth-order valence-electron chi connectivity index (χ4n) is 2.10. The average Bonchev–Trinajstić information content (AvgIpc) is 2.76. The lowest BCUT2D eigenvalue weighted by atomic mass is 9.97. The number of halogens is 1. The molecule has 18 heavy (non-hydrogen) atoms. The maximum Gasteiger partial charge on any atom is 0.0521 e. The second kappa shape index (κ2) is 5.55. The number of aryl methyl sites for hydroxylation is 2. The first-order valence-corrected chi connectivity index (χ1v) is 6.44. The van der Waals surface area contributed by atoms with E-state index in [2.05, 4.69) is 11.2 Å². The van der Waals surface area contributed by atoms with E-state index >= 15 is 0 Å². The van der Waals surface area contributed by atoms with Crippen molar-refractivity contribution in [2.24, 2.45) is 12.8 Å². The van der Waals surface area contributed by atoms with E-state index in [9.17, 15) is 0 Å². The molecule has 2 aromatic rings. The van der Waals surface area contributed by atoms with Crippen LogP contribution in [0.5, 0.6) is 0 Å². The number of hydrogen-bond donors (Lipinski definition) is 1. The molecule has 0 spiro atoms. The van der Waals surface area contributed by atoms with Crippen LogP contribution in [0.25, 0.3) is 0 Å². The summed E-state index contributed by atoms with van der Waals surface area (Å²) in [7, 11) is 1.92. The third kappa shape index (κ3) is 2.92. The van der Waals surface area contributed by atoms with Crippen molar-refractivity contribution < 1.29 is 0 Å². The minimum Gasteiger partial charge on any atom is -0.324 e. The molecule has 4 heteroatoms. The van der Waals surface area contributed by atoms with Crippen molar-refractivity contribution in [3.8, 4) is 0 Å². The Bertz CT molecular complexity index is 534. The van der Waals surface area contributed by atoms with Crippen LogP contribution in [0.15, 0.2) is 30.6 Å². The Hall–Kier alpha value is -1.32. The van der Waals surface area contributed by atoms with Crippen molar-refractivity contribution in [3.05, 3.63) is 52.3 Å². The summed E-state index contributed by atoms with van der Waals surface area (Å²) in [6, 6.07) is 5.92. The van der Waals surface area contributed by atoms with Crippen molar-refractivity contribution in [1.29, 1.82) is 0 Å². The molecule has 1 atom stereocenters. The van der Waals surface area contributed by atoms with E-state index in [0.717, 1.165) is 29.0 Å². The number of rotatable bonds is 4. The fourth-order valence-corrected chi connectivity index (χ4v) is 2.29. The van der Waals surface area contributed by atoms with Gasteiger partial charge in [0.1, 0.15) is 0 Å². The Morgan fingerprint density at radius 3 is 2.89 bits per heavy atom. The summed E-state index contributed by atoms with van der Waals surface area (Å²) in [4.78, 5) is 0. The predicted octanol–water partition coefficient (Wildman–Crippen LogP) is 3.01. The number of nitrogens with zero attached hydrogens (tertiary/aromatic N) is 2. The standard InChI is InChI=1S/C14H18ClN3/c1-10-12(4-3-5-13(10)15)14(16)7-6-11-8-17-18(2)9-11/h3-5,8-9,14H,6-7,16H2,1-2H3. The highest BCUT2D eigenvalue weighted by Crippen LogP contribution is 2.25. The molecule has 1 aromatic carbocycles. The van der Waals surface area contributed by atoms with Crippen LogP contribution >= 0.6 is 11.6 Å². The van der Waals surface area contributed by atoms with Gasteiger partial charge in [0, 0.05) is 24.3 Å². The molecule has 0 saturated carbocycles. The smallest absolute Gasteiger partial charge is 0.0521 e. The molecule has 1 unspecified atom stereocenters. The van der Waals surface area contributed by atoms with E-state index in [1.807, 2.05) is 43.2 Å². The van der Waals surface area contributed by atoms with Gasteiger partial charge in [-0.1, -0.05) is 23.7 Å². The molecule has 0 fully saturated rings. The first kappa shape index (κ1) is 13.1. The number of aromatic nitrogens is 2. The summed E-state index contributed by atoms with van der Waals surface area (Å²) >= 11 is 6.11. The van der Waals surface area contributed by atoms with Gasteiger partial charge < -0.3 is 5.73 Å². The summed E-state index contributed by atoms with van der Waals surface area (Å²) < 4.78 is 1.81. The zero-order chi connectivity index (χ0) is 13.1. The molecule has 0 radical (unpaired) electrons. The van der Waals surface area contributed by atoms with Crippen LogP contribution in [-0.2, 0) is 13.5 Å². The van der Waals surface area contributed by atoms with Gasteiger partial charge in [0.15, 0.2) is 0 Å². The van der Waals surface area contributed by atoms with Crippen molar-refractivity contribution in [2.45, 2.75) is 25.8 Å². The van der Waals surface area contributed by atoms with Gasteiger partial charge in [0.25, 0.3) is 0 Å². The second-order valence-electron chi connectivity index (χ2n) is 4.62. The third-order valence-corrected chi connectivity index (χ3v) is 3.62. The van der Waals surface area contributed by atoms with Gasteiger partial charge >= 0.3 is 0 Å². The molecular weight excluding hydrogens is 246 g/mol. The first-order chi connectivity index (χ1) is 8.58. The van der Waals surface area contributed by atoms with Gasteiger partial charge in [-0.25, -0.2) is 0 Å². The van der Waals surface area contributed by atoms with Crippen LogP contribution in [0.3, 0.4) is 0 Å². The highest BCUT2D eigenvalue weighted by Gasteiger charge is 2.11. The fraction of sp³-hybridized carbons (Fsp3) is 0.357. The maximum atomic E-state index is 6.23. The van der Waals surface area contributed by atoms with E-state index in [-0.39, 0.29) is 6.04 Å². The molecule has 2 rings (SSSR count). The van der Waals surface area contributed by atoms with Gasteiger partial charge in [-0.2, -0.15) is 5.10 Å². The topological polar surface area (TPSA) is 43.8 Å². The van der Waals surface area contributed by atoms with Crippen LogP contribution in [0, 0.1) is 6.92 Å². The molecule has 0 aliphatic heterocycles. The number of nitrogens with two attached hydrogens (primary N) is 1. The quantitative estimate of drug-likeness (QED) is 0.922. The molecule has 0 aliphatic carbocycles. The van der Waals surface area contributed by atoms with E-state index in [1.165, 1.54) is 5.56 Å². The minimum absolute atomic E-state index is 0.0175. The molecule has 0 aliphatic rings. The van der Waals surface area contributed by atoms with Gasteiger partial charge in [-0.3, -0.25) is 4.68 Å². The Morgan fingerprint density at radius 1 is 1.44 bits per heavy atom. The summed E-state index contributed by atoms with van der Waals surface area (Å²) in [6.07, 6.45) is 5.74. The van der Waals surface area contributed by atoms with Gasteiger partial charge in [-0.05, 0) is 42.5 Å². The molecule has 2 N–H and O–H groups in total. The lowest BCUT2D eigenvalue weighted by Gasteiger charge is -2.15. The zero-order valence-electron chi connectivity index (χ0n) is 10.7. The van der Waals surface area contributed by atoms with Crippen LogP contribution in [-0.4, -0.2) is 9.78 Å². The Kier molecular flexibility index (Phi) is 4.04. The lowest BCUT2D eigenvalue weighted by molar-refractivity contribution is 0.647. The van der Waals surface area contributed by atoms with E-state index < -0.39 is 0 Å². The second-order valence-corrected chi connectivity index (χ2v) is 5.03. The summed E-state index contributed by atoms with van der Waals surface area (Å²) in [5, 5.41) is 4.94. The first-order valence-electron chi connectivity index (χ1n) is 6.06. The molecule has 0 amide bonds. The predicted molar refractivity (Wildman–Crippen MR) is 74.6 cm³/mol. The van der Waals surface area contributed by atoms with Crippen molar-refractivity contribution >= 4 is 11.6 Å². The van der Waals surface area contributed by atoms with Crippen LogP contribution < -0.4 is 5.73 Å². The molecule has 0 saturated heterocycles. The Labute approximate surface area is 113 Å². The zero-order valence-corrected chi connectivity index (χ0v) is 11.5. The van der Waals surface area contributed by atoms with Crippen molar-refractivity contribution in [3.63, 3.8) is 0 Å². The van der Waals surface area contributed by atoms with Crippen molar-refractivity contribution in [1.82, 2.24) is 9.78 Å². The van der Waals surface area contributed by atoms with Crippen LogP contribution in [0.4, 0.5) is 0 Å². The number of benzene rings is 1. The third-order valence-electron chi connectivity index (χ3n) is 3.21. The lowest BCUT2D eigenvalue weighted by Crippen LogP contribution is -2.12. The number of hydrogen-bond acceptors (Lipinski definition) is 2. The largest absolute Gasteiger partial charge is 0.324 e. The minimum atomic E-state index is 0.0175. The molecular formula is C14H18ClN3. The molecule has 1 heterocycles. The SMILES string of the molecule is Cc1c(Cl)cccc1C(N)CCc1cnn(C)c1. The Balaban J connectivity index is 2.03. The van der Waals surface area contributed by atoms with E-state index in [0.29, 0.717) is 0 Å². The van der Waals surface area contributed by atoms with E-state index in [4.69, 9.17) is 17.3 Å². The molecule has 3 nitrogen and oxygen atoms in total. The van der Waals surface area contributed by atoms with Crippen molar-refractivity contribution in [2.75, 3.05) is 0 Å².